The summed E-state index contributed by atoms with van der Waals surface area (Å²) >= 11 is 0. The third-order valence-corrected chi connectivity index (χ3v) is 4.54. The fraction of sp³-hybridized carbons (Fsp3) is 0.375. The highest BCUT2D eigenvalue weighted by molar-refractivity contribution is 5.83. The van der Waals surface area contributed by atoms with E-state index in [0.29, 0.717) is 12.0 Å². The molecule has 0 saturated heterocycles. The molecule has 7 heteroatoms. The first-order chi connectivity index (χ1) is 11.0. The number of carbonyl (C=O) groups excluding carboxylic acids is 1. The maximum Gasteiger partial charge on any atom is 0.310 e. The van der Waals surface area contributed by atoms with E-state index in [1.54, 1.807) is 0 Å². The zero-order valence-electron chi connectivity index (χ0n) is 12.1. The first-order valence-corrected chi connectivity index (χ1v) is 7.28. The summed E-state index contributed by atoms with van der Waals surface area (Å²) in [6.45, 7) is -0.0270. The average Bonchev–Trinajstić information content (AvgIpc) is 3.13. The highest BCUT2D eigenvalue weighted by Crippen LogP contribution is 2.48. The number of ether oxygens (including phenoxy) is 1. The molecule has 1 aromatic carbocycles. The Morgan fingerprint density at radius 2 is 1.78 bits per heavy atom. The number of hydrogen-bond acceptors (Lipinski definition) is 5. The predicted molar refractivity (Wildman–Crippen MR) is 78.2 cm³/mol. The topological polar surface area (TPSA) is 107 Å². The molecule has 0 aromatic heterocycles. The van der Waals surface area contributed by atoms with Gasteiger partial charge in [0, 0.05) is 12.1 Å². The fourth-order valence-corrected chi connectivity index (χ4v) is 3.44. The van der Waals surface area contributed by atoms with Gasteiger partial charge in [0.25, 0.3) is 5.69 Å². The lowest BCUT2D eigenvalue weighted by Gasteiger charge is -2.23. The van der Waals surface area contributed by atoms with Gasteiger partial charge in [-0.05, 0) is 36.0 Å². The molecule has 0 amide bonds. The van der Waals surface area contributed by atoms with E-state index in [4.69, 9.17) is 4.74 Å². The smallest absolute Gasteiger partial charge is 0.310 e. The number of hydrogen-bond donors (Lipinski definition) is 1. The van der Waals surface area contributed by atoms with Crippen LogP contribution in [0.15, 0.2) is 36.4 Å². The van der Waals surface area contributed by atoms with E-state index in [0.717, 1.165) is 0 Å². The summed E-state index contributed by atoms with van der Waals surface area (Å²) in [7, 11) is 0. The number of nitrogens with zero attached hydrogens (tertiary/aromatic N) is 1. The standard InChI is InChI=1S/C16H15NO6/c18-15(19)13-10-3-4-11(7-10)14(13)16(20)23-8-9-1-5-12(6-2-9)17(21)22/h1-6,10-11,13-14H,7-8H2,(H,18,19)/t10-,11+,13-,14-/m0/s1. The summed E-state index contributed by atoms with van der Waals surface area (Å²) < 4.78 is 5.24. The third-order valence-electron chi connectivity index (χ3n) is 4.54. The van der Waals surface area contributed by atoms with E-state index in [1.165, 1.54) is 24.3 Å². The number of benzene rings is 1. The van der Waals surface area contributed by atoms with Crippen LogP contribution in [0.3, 0.4) is 0 Å². The van der Waals surface area contributed by atoms with Gasteiger partial charge >= 0.3 is 11.9 Å². The van der Waals surface area contributed by atoms with Crippen LogP contribution in [0.1, 0.15) is 12.0 Å². The summed E-state index contributed by atoms with van der Waals surface area (Å²) in [6.07, 6.45) is 4.43. The quantitative estimate of drug-likeness (QED) is 0.386. The highest BCUT2D eigenvalue weighted by Gasteiger charge is 2.52. The number of nitro groups is 1. The number of nitro benzene ring substituents is 1. The second kappa shape index (κ2) is 5.83. The monoisotopic (exact) mass is 317 g/mol. The largest absolute Gasteiger partial charge is 0.481 e. The van der Waals surface area contributed by atoms with Crippen LogP contribution in [-0.2, 0) is 20.9 Å². The SMILES string of the molecule is O=C(OCc1ccc([N+](=O)[O-])cc1)[C@@H]1[C@@H](C(=O)O)[C@H]2C=C[C@@H]1C2. The molecular weight excluding hydrogens is 302 g/mol. The molecule has 0 aliphatic heterocycles. The van der Waals surface area contributed by atoms with E-state index < -0.39 is 28.7 Å². The molecule has 23 heavy (non-hydrogen) atoms. The Balaban J connectivity index is 1.64. The van der Waals surface area contributed by atoms with Crippen LogP contribution in [0.25, 0.3) is 0 Å². The summed E-state index contributed by atoms with van der Waals surface area (Å²) in [5.74, 6) is -3.05. The number of non-ortho nitro benzene ring substituents is 1. The van der Waals surface area contributed by atoms with Crippen molar-refractivity contribution in [2.75, 3.05) is 0 Å². The van der Waals surface area contributed by atoms with Crippen molar-refractivity contribution in [3.63, 3.8) is 0 Å². The fourth-order valence-electron chi connectivity index (χ4n) is 3.44. The number of carbonyl (C=O) groups is 2. The molecule has 1 N–H and O–H groups in total. The Morgan fingerprint density at radius 1 is 1.17 bits per heavy atom. The number of fused-ring (bicyclic) bond motifs is 2. The van der Waals surface area contributed by atoms with Crippen molar-refractivity contribution in [2.45, 2.75) is 13.0 Å². The highest BCUT2D eigenvalue weighted by atomic mass is 16.6. The second-order valence-corrected chi connectivity index (χ2v) is 5.87. The average molecular weight is 317 g/mol. The molecule has 2 bridgehead atoms. The Hall–Kier alpha value is -2.70. The van der Waals surface area contributed by atoms with Crippen molar-refractivity contribution < 1.29 is 24.4 Å². The van der Waals surface area contributed by atoms with Crippen LogP contribution in [0.5, 0.6) is 0 Å². The van der Waals surface area contributed by atoms with Crippen molar-refractivity contribution in [1.82, 2.24) is 0 Å². The predicted octanol–water partition coefficient (Wildman–Crippen LogP) is 2.16. The van der Waals surface area contributed by atoms with E-state index in [1.807, 2.05) is 12.2 Å². The number of carboxylic acid groups (broad SMARTS) is 1. The maximum atomic E-state index is 12.3. The number of rotatable bonds is 5. The van der Waals surface area contributed by atoms with Crippen molar-refractivity contribution >= 4 is 17.6 Å². The van der Waals surface area contributed by atoms with Gasteiger partial charge in [-0.3, -0.25) is 19.7 Å². The minimum Gasteiger partial charge on any atom is -0.481 e. The summed E-state index contributed by atoms with van der Waals surface area (Å²) in [5.41, 5.74) is 0.582. The molecule has 0 spiro atoms. The first kappa shape index (κ1) is 15.2. The molecule has 2 aliphatic rings. The number of carboxylic acids is 1. The van der Waals surface area contributed by atoms with Gasteiger partial charge in [-0.2, -0.15) is 0 Å². The number of esters is 1. The van der Waals surface area contributed by atoms with Crippen molar-refractivity contribution in [1.29, 1.82) is 0 Å². The molecule has 4 atom stereocenters. The lowest BCUT2D eigenvalue weighted by Crippen LogP contribution is -2.34. The van der Waals surface area contributed by atoms with Gasteiger partial charge in [0.05, 0.1) is 16.8 Å². The van der Waals surface area contributed by atoms with Gasteiger partial charge in [-0.15, -0.1) is 0 Å². The molecule has 1 fully saturated rings. The Kier molecular flexibility index (Phi) is 3.85. The van der Waals surface area contributed by atoms with Gasteiger partial charge in [0.1, 0.15) is 6.61 Å². The van der Waals surface area contributed by atoms with Gasteiger partial charge in [-0.25, -0.2) is 0 Å². The van der Waals surface area contributed by atoms with Crippen LogP contribution in [0, 0.1) is 33.8 Å². The Labute approximate surface area is 131 Å². The lowest BCUT2D eigenvalue weighted by atomic mass is 9.83. The summed E-state index contributed by atoms with van der Waals surface area (Å²) in [4.78, 5) is 33.7. The molecule has 7 nitrogen and oxygen atoms in total. The van der Waals surface area contributed by atoms with Gasteiger partial charge in [0.15, 0.2) is 0 Å². The van der Waals surface area contributed by atoms with E-state index >= 15 is 0 Å². The van der Waals surface area contributed by atoms with Gasteiger partial charge in [-0.1, -0.05) is 12.2 Å². The van der Waals surface area contributed by atoms with Crippen molar-refractivity contribution in [3.8, 4) is 0 Å². The van der Waals surface area contributed by atoms with Crippen molar-refractivity contribution in [3.05, 3.63) is 52.1 Å². The second-order valence-electron chi connectivity index (χ2n) is 5.87. The van der Waals surface area contributed by atoms with Gasteiger partial charge in [0.2, 0.25) is 0 Å². The van der Waals surface area contributed by atoms with E-state index in [2.05, 4.69) is 0 Å². The molecule has 3 rings (SSSR count). The molecular formula is C16H15NO6. The first-order valence-electron chi connectivity index (χ1n) is 7.28. The molecule has 2 aliphatic carbocycles. The van der Waals surface area contributed by atoms with Crippen molar-refractivity contribution in [2.24, 2.45) is 23.7 Å². The van der Waals surface area contributed by atoms with Crippen LogP contribution >= 0.6 is 0 Å². The van der Waals surface area contributed by atoms with E-state index in [-0.39, 0.29) is 24.1 Å². The van der Waals surface area contributed by atoms with Crippen LogP contribution in [0.2, 0.25) is 0 Å². The van der Waals surface area contributed by atoms with Crippen LogP contribution in [0.4, 0.5) is 5.69 Å². The minimum absolute atomic E-state index is 0.0270. The molecule has 0 heterocycles. The van der Waals surface area contributed by atoms with Crippen LogP contribution < -0.4 is 0 Å². The number of allylic oxidation sites excluding steroid dienone is 2. The van der Waals surface area contributed by atoms with Crippen LogP contribution in [-0.4, -0.2) is 22.0 Å². The Morgan fingerprint density at radius 3 is 2.35 bits per heavy atom. The molecule has 120 valence electrons. The zero-order valence-corrected chi connectivity index (χ0v) is 12.1. The minimum atomic E-state index is -0.973. The van der Waals surface area contributed by atoms with Gasteiger partial charge < -0.3 is 9.84 Å². The molecule has 0 unspecified atom stereocenters. The van der Waals surface area contributed by atoms with E-state index in [9.17, 15) is 24.8 Å². The summed E-state index contributed by atoms with van der Waals surface area (Å²) in [5, 5.41) is 19.9. The lowest BCUT2D eigenvalue weighted by molar-refractivity contribution is -0.384. The number of aliphatic carboxylic acids is 1. The molecule has 1 aromatic rings. The maximum absolute atomic E-state index is 12.3. The summed E-state index contributed by atoms with van der Waals surface area (Å²) in [6, 6.07) is 5.70. The molecule has 1 saturated carbocycles. The zero-order chi connectivity index (χ0) is 16.6. The molecule has 0 radical (unpaired) electrons. The third kappa shape index (κ3) is 2.81. The Bertz CT molecular complexity index is 680. The normalized spacial score (nSPS) is 27.8.